The molecule has 2 N–H and O–H groups in total. The fourth-order valence-corrected chi connectivity index (χ4v) is 4.99. The Hall–Kier alpha value is -2.48. The number of hydrogen-bond donors (Lipinski definition) is 2. The van der Waals surface area contributed by atoms with Gasteiger partial charge in [-0.3, -0.25) is 9.52 Å². The molecule has 5 nitrogen and oxygen atoms in total. The summed E-state index contributed by atoms with van der Waals surface area (Å²) in [6.07, 6.45) is 0. The summed E-state index contributed by atoms with van der Waals surface area (Å²) in [6.45, 7) is 2.29. The molecule has 0 aliphatic rings. The van der Waals surface area contributed by atoms with Crippen LogP contribution in [-0.2, 0) is 15.8 Å². The molecule has 0 aliphatic carbocycles. The van der Waals surface area contributed by atoms with Crippen molar-refractivity contribution >= 4 is 45.0 Å². The number of carbonyl (C=O) groups excluding carboxylic acids is 1. The lowest BCUT2D eigenvalue weighted by Crippen LogP contribution is -2.26. The number of thioether (sulfide) groups is 1. The second-order valence-corrected chi connectivity index (χ2v) is 10.1. The van der Waals surface area contributed by atoms with Crippen molar-refractivity contribution in [2.24, 2.45) is 0 Å². The predicted molar refractivity (Wildman–Crippen MR) is 128 cm³/mol. The first-order chi connectivity index (χ1) is 14.8. The molecule has 0 fully saturated rings. The molecule has 0 saturated carbocycles. The van der Waals surface area contributed by atoms with Crippen molar-refractivity contribution in [1.82, 2.24) is 5.32 Å². The summed E-state index contributed by atoms with van der Waals surface area (Å²) in [7, 11) is -3.73. The highest BCUT2D eigenvalue weighted by Gasteiger charge is 2.16. The zero-order chi connectivity index (χ0) is 22.3. The number of hydrogen-bond acceptors (Lipinski definition) is 4. The molecule has 0 spiro atoms. The standard InChI is InChI=1S/C23H23ClN2O3S2/c1-17-10-11-19(15-22(17)26-31(28,29)21-8-3-2-4-9-21)23(27)25-12-13-30-16-18-6-5-7-20(24)14-18/h2-11,14-15,26H,12-13,16H2,1H3,(H,25,27). The smallest absolute Gasteiger partial charge is 0.261 e. The zero-order valence-electron chi connectivity index (χ0n) is 17.0. The average Bonchev–Trinajstić information content (AvgIpc) is 2.75. The lowest BCUT2D eigenvalue weighted by atomic mass is 10.1. The van der Waals surface area contributed by atoms with Crippen molar-refractivity contribution in [3.05, 3.63) is 94.5 Å². The third-order valence-corrected chi connectivity index (χ3v) is 7.13. The van der Waals surface area contributed by atoms with Crippen molar-refractivity contribution < 1.29 is 13.2 Å². The van der Waals surface area contributed by atoms with Crippen LogP contribution >= 0.6 is 23.4 Å². The topological polar surface area (TPSA) is 75.3 Å². The van der Waals surface area contributed by atoms with Crippen LogP contribution in [-0.4, -0.2) is 26.6 Å². The first kappa shape index (κ1) is 23.2. The summed E-state index contributed by atoms with van der Waals surface area (Å²) in [4.78, 5) is 12.7. The molecule has 1 amide bonds. The molecule has 3 rings (SSSR count). The van der Waals surface area contributed by atoms with Gasteiger partial charge in [-0.15, -0.1) is 0 Å². The number of anilines is 1. The monoisotopic (exact) mass is 474 g/mol. The van der Waals surface area contributed by atoms with Gasteiger partial charge in [0.1, 0.15) is 0 Å². The van der Waals surface area contributed by atoms with Gasteiger partial charge in [-0.2, -0.15) is 11.8 Å². The van der Waals surface area contributed by atoms with Gasteiger partial charge in [-0.25, -0.2) is 8.42 Å². The lowest BCUT2D eigenvalue weighted by molar-refractivity contribution is 0.0956. The zero-order valence-corrected chi connectivity index (χ0v) is 19.4. The first-order valence-corrected chi connectivity index (χ1v) is 12.7. The number of nitrogens with one attached hydrogen (secondary N) is 2. The van der Waals surface area contributed by atoms with E-state index in [4.69, 9.17) is 11.6 Å². The van der Waals surface area contributed by atoms with Crippen molar-refractivity contribution in [2.75, 3.05) is 17.0 Å². The Morgan fingerprint density at radius 3 is 2.52 bits per heavy atom. The number of rotatable bonds is 9. The summed E-state index contributed by atoms with van der Waals surface area (Å²) >= 11 is 7.68. The molecular formula is C23H23ClN2O3S2. The Kier molecular flexibility index (Phi) is 8.01. The molecule has 0 atom stereocenters. The van der Waals surface area contributed by atoms with Gasteiger partial charge in [0.15, 0.2) is 0 Å². The summed E-state index contributed by atoms with van der Waals surface area (Å²) in [5.41, 5.74) is 2.65. The van der Waals surface area contributed by atoms with E-state index in [9.17, 15) is 13.2 Å². The molecule has 0 aliphatic heterocycles. The molecule has 0 aromatic heterocycles. The fraction of sp³-hybridized carbons (Fsp3) is 0.174. The molecule has 0 radical (unpaired) electrons. The summed E-state index contributed by atoms with van der Waals surface area (Å²) in [5, 5.41) is 3.59. The van der Waals surface area contributed by atoms with Gasteiger partial charge in [0.2, 0.25) is 0 Å². The lowest BCUT2D eigenvalue weighted by Gasteiger charge is -2.12. The minimum Gasteiger partial charge on any atom is -0.351 e. The van der Waals surface area contributed by atoms with Crippen LogP contribution in [0.25, 0.3) is 0 Å². The molecular weight excluding hydrogens is 452 g/mol. The maximum absolute atomic E-state index is 12.6. The summed E-state index contributed by atoms with van der Waals surface area (Å²) < 4.78 is 27.8. The van der Waals surface area contributed by atoms with Gasteiger partial charge in [-0.1, -0.05) is 48.0 Å². The molecule has 31 heavy (non-hydrogen) atoms. The Bertz CT molecular complexity index is 1150. The van der Waals surface area contributed by atoms with Crippen LogP contribution in [0.3, 0.4) is 0 Å². The number of benzene rings is 3. The van der Waals surface area contributed by atoms with Gasteiger partial charge >= 0.3 is 0 Å². The van der Waals surface area contributed by atoms with E-state index in [1.807, 2.05) is 24.3 Å². The highest BCUT2D eigenvalue weighted by atomic mass is 35.5. The van der Waals surface area contributed by atoms with Gasteiger partial charge in [0.05, 0.1) is 10.6 Å². The molecule has 0 bridgehead atoms. The summed E-state index contributed by atoms with van der Waals surface area (Å²) in [6, 6.07) is 20.8. The van der Waals surface area contributed by atoms with E-state index in [1.165, 1.54) is 12.1 Å². The minimum atomic E-state index is -3.73. The van der Waals surface area contributed by atoms with E-state index in [-0.39, 0.29) is 10.8 Å². The largest absolute Gasteiger partial charge is 0.351 e. The number of halogens is 1. The Labute approximate surface area is 192 Å². The maximum atomic E-state index is 12.6. The molecule has 0 saturated heterocycles. The van der Waals surface area contributed by atoms with Gasteiger partial charge < -0.3 is 5.32 Å². The number of amides is 1. The van der Waals surface area contributed by atoms with E-state index in [0.29, 0.717) is 22.8 Å². The highest BCUT2D eigenvalue weighted by molar-refractivity contribution is 7.98. The van der Waals surface area contributed by atoms with Crippen molar-refractivity contribution in [1.29, 1.82) is 0 Å². The molecule has 3 aromatic carbocycles. The number of aryl methyl sites for hydroxylation is 1. The van der Waals surface area contributed by atoms with Crippen molar-refractivity contribution in [3.63, 3.8) is 0 Å². The van der Waals surface area contributed by atoms with E-state index < -0.39 is 10.0 Å². The second-order valence-electron chi connectivity index (χ2n) is 6.89. The van der Waals surface area contributed by atoms with Crippen LogP contribution in [0, 0.1) is 6.92 Å². The van der Waals surface area contributed by atoms with Gasteiger partial charge in [0, 0.05) is 28.6 Å². The van der Waals surface area contributed by atoms with Crippen molar-refractivity contribution in [2.45, 2.75) is 17.6 Å². The fourth-order valence-electron chi connectivity index (χ4n) is 2.83. The molecule has 0 unspecified atom stereocenters. The highest BCUT2D eigenvalue weighted by Crippen LogP contribution is 2.21. The minimum absolute atomic E-state index is 0.168. The Balaban J connectivity index is 1.56. The molecule has 3 aromatic rings. The van der Waals surface area contributed by atoms with Crippen LogP contribution in [0.4, 0.5) is 5.69 Å². The van der Waals surface area contributed by atoms with Gasteiger partial charge in [-0.05, 0) is 54.4 Å². The third-order valence-electron chi connectivity index (χ3n) is 4.49. The van der Waals surface area contributed by atoms with Crippen molar-refractivity contribution in [3.8, 4) is 0 Å². The normalized spacial score (nSPS) is 11.2. The Morgan fingerprint density at radius 1 is 1.00 bits per heavy atom. The van der Waals surface area contributed by atoms with Crippen LogP contribution in [0.1, 0.15) is 21.5 Å². The van der Waals surface area contributed by atoms with Crippen LogP contribution < -0.4 is 10.0 Å². The SMILES string of the molecule is Cc1ccc(C(=O)NCCSCc2cccc(Cl)c2)cc1NS(=O)(=O)c1ccccc1. The van der Waals surface area contributed by atoms with E-state index in [0.717, 1.165) is 22.6 Å². The predicted octanol–water partition coefficient (Wildman–Crippen LogP) is 5.11. The first-order valence-electron chi connectivity index (χ1n) is 9.64. The van der Waals surface area contributed by atoms with Crippen LogP contribution in [0.2, 0.25) is 5.02 Å². The molecule has 162 valence electrons. The third kappa shape index (κ3) is 6.75. The molecule has 8 heteroatoms. The Morgan fingerprint density at radius 2 is 1.77 bits per heavy atom. The quantitative estimate of drug-likeness (QED) is 0.422. The van der Waals surface area contributed by atoms with E-state index in [1.54, 1.807) is 55.1 Å². The number of carbonyl (C=O) groups is 1. The van der Waals surface area contributed by atoms with Crippen LogP contribution in [0.15, 0.2) is 77.7 Å². The van der Waals surface area contributed by atoms with Gasteiger partial charge in [0.25, 0.3) is 15.9 Å². The number of sulfonamides is 1. The van der Waals surface area contributed by atoms with Crippen LogP contribution in [0.5, 0.6) is 0 Å². The molecule has 0 heterocycles. The summed E-state index contributed by atoms with van der Waals surface area (Å²) in [5.74, 6) is 1.31. The van der Waals surface area contributed by atoms with E-state index in [2.05, 4.69) is 10.0 Å². The van der Waals surface area contributed by atoms with E-state index >= 15 is 0 Å². The second kappa shape index (κ2) is 10.7. The average molecular weight is 475 g/mol. The maximum Gasteiger partial charge on any atom is 0.261 e.